The van der Waals surface area contributed by atoms with E-state index in [-0.39, 0.29) is 23.6 Å². The zero-order valence-electron chi connectivity index (χ0n) is 17.6. The number of para-hydroxylation sites is 2. The highest BCUT2D eigenvalue weighted by Crippen LogP contribution is 2.24. The Morgan fingerprint density at radius 1 is 1.23 bits per heavy atom. The molecule has 3 rings (SSSR count). The zero-order valence-corrected chi connectivity index (χ0v) is 18.4. The number of nitrogens with zero attached hydrogens (tertiary/aromatic N) is 3. The number of carbonyl (C=O) groups excluding carboxylic acids is 1. The van der Waals surface area contributed by atoms with Gasteiger partial charge in [0.1, 0.15) is 12.3 Å². The van der Waals surface area contributed by atoms with E-state index in [0.717, 1.165) is 5.69 Å². The van der Waals surface area contributed by atoms with Crippen molar-refractivity contribution < 1.29 is 14.3 Å². The normalized spacial score (nSPS) is 10.5. The first-order chi connectivity index (χ1) is 15.0. The highest BCUT2D eigenvalue weighted by molar-refractivity contribution is 7.98. The number of hydrogen-bond donors (Lipinski definition) is 1. The first kappa shape index (κ1) is 22.4. The summed E-state index contributed by atoms with van der Waals surface area (Å²) < 4.78 is 12.4. The van der Waals surface area contributed by atoms with Crippen molar-refractivity contribution >= 4 is 23.4 Å². The Kier molecular flexibility index (Phi) is 7.66. The van der Waals surface area contributed by atoms with E-state index in [1.54, 1.807) is 29.1 Å². The number of ether oxygens (including phenoxy) is 2. The third-order valence-electron chi connectivity index (χ3n) is 4.30. The monoisotopic (exact) mass is 440 g/mol. The van der Waals surface area contributed by atoms with E-state index in [1.807, 2.05) is 32.0 Å². The highest BCUT2D eigenvalue weighted by atomic mass is 32.2. The van der Waals surface area contributed by atoms with Crippen molar-refractivity contribution in [1.29, 1.82) is 0 Å². The van der Waals surface area contributed by atoms with Crippen LogP contribution in [0.5, 0.6) is 11.5 Å². The number of anilines is 1. The van der Waals surface area contributed by atoms with Crippen molar-refractivity contribution in [3.05, 3.63) is 70.4 Å². The van der Waals surface area contributed by atoms with Crippen LogP contribution in [0.1, 0.15) is 18.3 Å². The Bertz CT molecular complexity index is 1120. The summed E-state index contributed by atoms with van der Waals surface area (Å²) in [4.78, 5) is 33.6. The molecule has 0 spiro atoms. The SMILES string of the molecule is CCOc1ccccc1NC(=O)Cn1cc(OC)c(=O)cc1CSc1nccc(C)n1. The molecule has 2 heterocycles. The summed E-state index contributed by atoms with van der Waals surface area (Å²) >= 11 is 1.39. The Labute approximate surface area is 184 Å². The standard InChI is InChI=1S/C22H24N4O4S/c1-4-30-19-8-6-5-7-17(19)25-21(28)13-26-12-20(29-3)18(27)11-16(26)14-31-22-23-10-9-15(2)24-22/h5-12H,4,13-14H2,1-3H3,(H,25,28). The van der Waals surface area contributed by atoms with E-state index < -0.39 is 0 Å². The van der Waals surface area contributed by atoms with Crippen molar-refractivity contribution in [3.8, 4) is 11.5 Å². The quantitative estimate of drug-likeness (QED) is 0.403. The average molecular weight is 441 g/mol. The molecule has 1 N–H and O–H groups in total. The van der Waals surface area contributed by atoms with Gasteiger partial charge in [0, 0.05) is 29.4 Å². The maximum absolute atomic E-state index is 12.8. The molecule has 31 heavy (non-hydrogen) atoms. The molecule has 0 aliphatic rings. The van der Waals surface area contributed by atoms with Crippen LogP contribution < -0.4 is 20.2 Å². The molecule has 1 aromatic carbocycles. The fraction of sp³-hybridized carbons (Fsp3) is 0.273. The van der Waals surface area contributed by atoms with E-state index >= 15 is 0 Å². The van der Waals surface area contributed by atoms with Crippen LogP contribution in [0, 0.1) is 6.92 Å². The van der Waals surface area contributed by atoms with Crippen molar-refractivity contribution in [3.63, 3.8) is 0 Å². The van der Waals surface area contributed by atoms with Gasteiger partial charge in [0.15, 0.2) is 10.9 Å². The molecule has 0 saturated heterocycles. The number of aromatic nitrogens is 3. The van der Waals surface area contributed by atoms with E-state index in [9.17, 15) is 9.59 Å². The van der Waals surface area contributed by atoms with Gasteiger partial charge in [-0.3, -0.25) is 9.59 Å². The van der Waals surface area contributed by atoms with Crippen molar-refractivity contribution in [2.24, 2.45) is 0 Å². The zero-order chi connectivity index (χ0) is 22.2. The van der Waals surface area contributed by atoms with Crippen LogP contribution in [-0.2, 0) is 17.1 Å². The molecule has 8 nitrogen and oxygen atoms in total. The molecule has 0 aliphatic carbocycles. The van der Waals surface area contributed by atoms with E-state index in [2.05, 4.69) is 15.3 Å². The number of benzene rings is 1. The average Bonchev–Trinajstić information content (AvgIpc) is 2.75. The molecular weight excluding hydrogens is 416 g/mol. The molecule has 0 radical (unpaired) electrons. The Balaban J connectivity index is 1.80. The van der Waals surface area contributed by atoms with Gasteiger partial charge in [-0.2, -0.15) is 0 Å². The number of aryl methyl sites for hydroxylation is 1. The summed E-state index contributed by atoms with van der Waals surface area (Å²) in [5.74, 6) is 0.938. The van der Waals surface area contributed by atoms with Crippen molar-refractivity contribution in [2.75, 3.05) is 19.0 Å². The highest BCUT2D eigenvalue weighted by Gasteiger charge is 2.13. The first-order valence-corrected chi connectivity index (χ1v) is 10.7. The molecule has 0 saturated carbocycles. The van der Waals surface area contributed by atoms with Gasteiger partial charge in [-0.15, -0.1) is 0 Å². The van der Waals surface area contributed by atoms with E-state index in [1.165, 1.54) is 24.9 Å². The Morgan fingerprint density at radius 2 is 2.03 bits per heavy atom. The summed E-state index contributed by atoms with van der Waals surface area (Å²) in [6.45, 7) is 4.26. The smallest absolute Gasteiger partial charge is 0.244 e. The van der Waals surface area contributed by atoms with E-state index in [0.29, 0.717) is 34.6 Å². The molecule has 0 unspecified atom stereocenters. The summed E-state index contributed by atoms with van der Waals surface area (Å²) in [7, 11) is 1.43. The lowest BCUT2D eigenvalue weighted by Crippen LogP contribution is -2.23. The molecule has 0 bridgehead atoms. The van der Waals surface area contributed by atoms with E-state index in [4.69, 9.17) is 9.47 Å². The number of hydrogen-bond acceptors (Lipinski definition) is 7. The van der Waals surface area contributed by atoms with Crippen LogP contribution in [-0.4, -0.2) is 34.2 Å². The van der Waals surface area contributed by atoms with Gasteiger partial charge < -0.3 is 19.4 Å². The van der Waals surface area contributed by atoms with Crippen molar-refractivity contribution in [2.45, 2.75) is 31.3 Å². The lowest BCUT2D eigenvalue weighted by Gasteiger charge is -2.16. The van der Waals surface area contributed by atoms with Crippen LogP contribution in [0.2, 0.25) is 0 Å². The second-order valence-corrected chi connectivity index (χ2v) is 7.51. The lowest BCUT2D eigenvalue weighted by molar-refractivity contribution is -0.116. The van der Waals surface area contributed by atoms with Gasteiger partial charge >= 0.3 is 0 Å². The number of rotatable bonds is 9. The minimum Gasteiger partial charge on any atom is -0.492 e. The van der Waals surface area contributed by atoms with Crippen LogP contribution in [0.15, 0.2) is 58.7 Å². The maximum Gasteiger partial charge on any atom is 0.244 e. The fourth-order valence-electron chi connectivity index (χ4n) is 2.85. The molecule has 1 amide bonds. The second-order valence-electron chi connectivity index (χ2n) is 6.57. The number of thioether (sulfide) groups is 1. The van der Waals surface area contributed by atoms with Gasteiger partial charge in [-0.25, -0.2) is 9.97 Å². The number of carbonyl (C=O) groups is 1. The Hall–Kier alpha value is -3.33. The predicted octanol–water partition coefficient (Wildman–Crippen LogP) is 3.29. The fourth-order valence-corrected chi connectivity index (χ4v) is 3.72. The largest absolute Gasteiger partial charge is 0.492 e. The maximum atomic E-state index is 12.8. The van der Waals surface area contributed by atoms with Crippen LogP contribution in [0.4, 0.5) is 5.69 Å². The minimum atomic E-state index is -0.254. The topological polar surface area (TPSA) is 95.3 Å². The number of amides is 1. The predicted molar refractivity (Wildman–Crippen MR) is 120 cm³/mol. The molecular formula is C22H24N4O4S. The molecule has 2 aromatic heterocycles. The van der Waals surface area contributed by atoms with Crippen LogP contribution in [0.25, 0.3) is 0 Å². The second kappa shape index (κ2) is 10.6. The molecule has 9 heteroatoms. The third-order valence-corrected chi connectivity index (χ3v) is 5.19. The summed E-state index contributed by atoms with van der Waals surface area (Å²) in [5.41, 5.74) is 1.86. The number of nitrogens with one attached hydrogen (secondary N) is 1. The number of pyridine rings is 1. The van der Waals surface area contributed by atoms with Gasteiger partial charge in [-0.1, -0.05) is 23.9 Å². The number of methoxy groups -OCH3 is 1. The summed E-state index contributed by atoms with van der Waals surface area (Å²) in [5, 5.41) is 3.47. The van der Waals surface area contributed by atoms with Gasteiger partial charge in [0.05, 0.1) is 25.6 Å². The molecule has 0 atom stereocenters. The molecule has 0 fully saturated rings. The minimum absolute atomic E-state index is 0.00165. The lowest BCUT2D eigenvalue weighted by atomic mass is 10.3. The van der Waals surface area contributed by atoms with Gasteiger partial charge in [0.2, 0.25) is 11.3 Å². The van der Waals surface area contributed by atoms with Crippen LogP contribution in [0.3, 0.4) is 0 Å². The van der Waals surface area contributed by atoms with Gasteiger partial charge in [0.25, 0.3) is 0 Å². The Morgan fingerprint density at radius 3 is 2.77 bits per heavy atom. The molecule has 0 aliphatic heterocycles. The first-order valence-electron chi connectivity index (χ1n) is 9.71. The molecule has 162 valence electrons. The van der Waals surface area contributed by atoms with Crippen LogP contribution >= 0.6 is 11.8 Å². The third kappa shape index (κ3) is 6.08. The van der Waals surface area contributed by atoms with Gasteiger partial charge in [-0.05, 0) is 32.0 Å². The summed E-state index contributed by atoms with van der Waals surface area (Å²) in [6, 6.07) is 10.5. The molecule has 3 aromatic rings. The summed E-state index contributed by atoms with van der Waals surface area (Å²) in [6.07, 6.45) is 3.23. The van der Waals surface area contributed by atoms with Crippen molar-refractivity contribution in [1.82, 2.24) is 14.5 Å².